The molecule has 7 aromatic carbocycles. The maximum atomic E-state index is 6.98. The number of benzene rings is 7. The fourth-order valence-corrected chi connectivity index (χ4v) is 11.7. The van der Waals surface area contributed by atoms with Gasteiger partial charge in [-0.05, 0) is 129 Å². The van der Waals surface area contributed by atoms with Crippen molar-refractivity contribution in [2.45, 2.75) is 151 Å². The maximum Gasteiger partial charge on any atom is 0.503 e. The summed E-state index contributed by atoms with van der Waals surface area (Å²) in [6, 6.07) is 60.4. The van der Waals surface area contributed by atoms with Crippen LogP contribution in [0, 0.1) is 0 Å². The number of aromatic nitrogens is 2. The topological polar surface area (TPSA) is 33.1 Å². The summed E-state index contributed by atoms with van der Waals surface area (Å²) in [5.41, 5.74) is 17.5. The van der Waals surface area contributed by atoms with E-state index in [0.29, 0.717) is 0 Å². The summed E-state index contributed by atoms with van der Waals surface area (Å²) in [6.07, 6.45) is 1.95. The molecule has 0 saturated heterocycles. The predicted molar refractivity (Wildman–Crippen MR) is 333 cm³/mol. The summed E-state index contributed by atoms with van der Waals surface area (Å²) in [7, 11) is -1.61. The number of ether oxygens (including phenoxy) is 1. The Morgan fingerprint density at radius 2 is 1.04 bits per heavy atom. The summed E-state index contributed by atoms with van der Waals surface area (Å²) in [5, 5.41) is 3.75. The van der Waals surface area contributed by atoms with Crippen molar-refractivity contribution in [1.82, 2.24) is 18.7 Å². The summed E-state index contributed by atoms with van der Waals surface area (Å²) in [4.78, 5) is 5.05. The van der Waals surface area contributed by atoms with Crippen molar-refractivity contribution < 1.29 is 4.74 Å². The Kier molecular flexibility index (Phi) is 13.0. The molecular formula is C71H80N4OSi+2. The van der Waals surface area contributed by atoms with Gasteiger partial charge in [-0.25, -0.2) is 4.98 Å². The SMILES string of the molecule is CC(C)(C)c1cc(-c2ccc3c(c2)c2ccc(Oc4cccc([N+]5=C=[N+](c6cc(C(C)(C)C)cc(C(C)(C)C)c6)c6c(-c7cccc([Si](C)(C)C)c7)cccc65)c4)cc2n3-c2cc(C(C)(C)C)ccn2)cc(C(C)(C)C)c1. The van der Waals surface area contributed by atoms with Crippen molar-refractivity contribution in [3.63, 3.8) is 0 Å². The lowest BCUT2D eigenvalue weighted by atomic mass is 9.79. The molecule has 0 unspecified atom stereocenters. The molecule has 1 aliphatic heterocycles. The lowest BCUT2D eigenvalue weighted by Crippen LogP contribution is -2.37. The van der Waals surface area contributed by atoms with E-state index in [1.54, 1.807) is 0 Å². The highest BCUT2D eigenvalue weighted by Crippen LogP contribution is 2.46. The van der Waals surface area contributed by atoms with Crippen LogP contribution in [0.4, 0.5) is 22.7 Å². The minimum absolute atomic E-state index is 0.00441. The molecule has 77 heavy (non-hydrogen) atoms. The summed E-state index contributed by atoms with van der Waals surface area (Å²) in [5.74, 6) is 2.36. The zero-order valence-corrected chi connectivity index (χ0v) is 50.2. The average molecular weight is 1030 g/mol. The number of fused-ring (bicyclic) bond motifs is 4. The quantitative estimate of drug-likeness (QED) is 0.112. The number of hydrogen-bond donors (Lipinski definition) is 0. The van der Waals surface area contributed by atoms with E-state index >= 15 is 0 Å². The van der Waals surface area contributed by atoms with Gasteiger partial charge in [-0.1, -0.05) is 195 Å². The van der Waals surface area contributed by atoms with Gasteiger partial charge in [-0.15, -0.1) is 0 Å². The van der Waals surface area contributed by atoms with Crippen LogP contribution in [0.15, 0.2) is 158 Å². The molecule has 2 aromatic heterocycles. The molecule has 5 nitrogen and oxygen atoms in total. The average Bonchev–Trinajstić information content (AvgIpc) is 3.98. The first-order valence-electron chi connectivity index (χ1n) is 27.7. The molecule has 0 amide bonds. The van der Waals surface area contributed by atoms with Crippen LogP contribution >= 0.6 is 0 Å². The molecular weight excluding hydrogens is 953 g/mol. The van der Waals surface area contributed by atoms with Crippen molar-refractivity contribution in [2.75, 3.05) is 0 Å². The van der Waals surface area contributed by atoms with E-state index in [9.17, 15) is 0 Å². The number of pyridine rings is 1. The Labute approximate surface area is 460 Å². The molecule has 392 valence electrons. The highest BCUT2D eigenvalue weighted by atomic mass is 28.3. The first-order valence-corrected chi connectivity index (χ1v) is 31.2. The molecule has 0 radical (unpaired) electrons. The first kappa shape index (κ1) is 53.3. The van der Waals surface area contributed by atoms with E-state index in [1.807, 2.05) is 6.20 Å². The fourth-order valence-electron chi connectivity index (χ4n) is 10.5. The zero-order valence-electron chi connectivity index (χ0n) is 49.2. The second-order valence-electron chi connectivity index (χ2n) is 27.8. The molecule has 9 aromatic rings. The zero-order chi connectivity index (χ0) is 55.4. The van der Waals surface area contributed by atoms with E-state index < -0.39 is 8.07 Å². The molecule has 0 atom stereocenters. The summed E-state index contributed by atoms with van der Waals surface area (Å²) < 4.78 is 13.8. The third kappa shape index (κ3) is 10.6. The van der Waals surface area contributed by atoms with Crippen LogP contribution in [0.5, 0.6) is 11.5 Å². The van der Waals surface area contributed by atoms with Crippen molar-refractivity contribution >= 4 is 63.8 Å². The predicted octanol–water partition coefficient (Wildman–Crippen LogP) is 19.2. The van der Waals surface area contributed by atoms with Gasteiger partial charge in [0.2, 0.25) is 11.4 Å². The summed E-state index contributed by atoms with van der Waals surface area (Å²) in [6.45, 7) is 41.7. The first-order chi connectivity index (χ1) is 35.9. The molecule has 0 aliphatic carbocycles. The van der Waals surface area contributed by atoms with Crippen molar-refractivity contribution in [2.24, 2.45) is 0 Å². The molecule has 6 heteroatoms. The van der Waals surface area contributed by atoms with Gasteiger partial charge in [0, 0.05) is 47.3 Å². The molecule has 0 fully saturated rings. The lowest BCUT2D eigenvalue weighted by Gasteiger charge is -2.26. The van der Waals surface area contributed by atoms with E-state index in [1.165, 1.54) is 60.6 Å². The van der Waals surface area contributed by atoms with Crippen molar-refractivity contribution in [3.05, 3.63) is 186 Å². The van der Waals surface area contributed by atoms with E-state index in [0.717, 1.165) is 56.5 Å². The van der Waals surface area contributed by atoms with Crippen LogP contribution in [0.25, 0.3) is 49.9 Å². The Morgan fingerprint density at radius 3 is 1.66 bits per heavy atom. The van der Waals surface area contributed by atoms with Crippen LogP contribution < -0.4 is 19.1 Å². The van der Waals surface area contributed by atoms with Gasteiger partial charge in [-0.3, -0.25) is 4.57 Å². The second kappa shape index (κ2) is 18.8. The lowest BCUT2D eigenvalue weighted by molar-refractivity contribution is 0.483. The van der Waals surface area contributed by atoms with Crippen LogP contribution in [0.1, 0.15) is 132 Å². The van der Waals surface area contributed by atoms with Gasteiger partial charge >= 0.3 is 11.7 Å². The Bertz CT molecular complexity index is 3810. The van der Waals surface area contributed by atoms with E-state index in [4.69, 9.17) is 9.72 Å². The van der Waals surface area contributed by atoms with Crippen LogP contribution in [0.3, 0.4) is 0 Å². The molecule has 3 heterocycles. The Balaban J connectivity index is 1.12. The highest BCUT2D eigenvalue weighted by molar-refractivity contribution is 6.88. The molecule has 0 N–H and O–H groups in total. The number of hydrogen-bond acceptors (Lipinski definition) is 2. The van der Waals surface area contributed by atoms with Gasteiger partial charge in [0.25, 0.3) is 5.69 Å². The minimum Gasteiger partial charge on any atom is -0.457 e. The Hall–Kier alpha value is -7.11. The smallest absolute Gasteiger partial charge is 0.457 e. The molecule has 0 saturated carbocycles. The van der Waals surface area contributed by atoms with Gasteiger partial charge in [-0.2, -0.15) is 0 Å². The van der Waals surface area contributed by atoms with Crippen LogP contribution in [0.2, 0.25) is 19.6 Å². The normalized spacial score (nSPS) is 13.5. The molecule has 0 spiro atoms. The van der Waals surface area contributed by atoms with E-state index in [2.05, 4.69) is 295 Å². The third-order valence-corrected chi connectivity index (χ3v) is 17.6. The molecule has 10 rings (SSSR count). The fraction of sp³-hybridized carbons (Fsp3) is 0.324. The highest BCUT2D eigenvalue weighted by Gasteiger charge is 2.41. The number of para-hydroxylation sites is 1. The number of rotatable bonds is 8. The molecule has 1 aliphatic rings. The van der Waals surface area contributed by atoms with Gasteiger partial charge in [0.15, 0.2) is 0 Å². The number of nitrogens with zero attached hydrogens (tertiary/aromatic N) is 4. The van der Waals surface area contributed by atoms with E-state index in [-0.39, 0.29) is 27.1 Å². The van der Waals surface area contributed by atoms with Gasteiger partial charge in [0.05, 0.1) is 30.7 Å². The minimum atomic E-state index is -1.61. The van der Waals surface area contributed by atoms with Crippen LogP contribution in [-0.4, -0.2) is 23.6 Å². The van der Waals surface area contributed by atoms with Gasteiger partial charge < -0.3 is 4.74 Å². The standard InChI is InChI=1S/C71H80N4OSi/c1-67(2,3)49-32-33-72-65(42-49)75-62-31-28-46(48-34-50(68(4,5)6)38-51(35-48)69(7,8)9)37-61(62)60-30-29-57(44-64(60)75)76-56-24-20-23-54(43-56)73-45-74(55-40-52(70(10,11)12)39-53(41-55)71(13,14)15)66-59(26-21-27-63(66)73)47-22-19-25-58(36-47)77(16,17)18/h19-44H,1-18H3/q+2. The third-order valence-electron chi connectivity index (χ3n) is 15.5. The second-order valence-corrected chi connectivity index (χ2v) is 32.9. The Morgan fingerprint density at radius 1 is 0.442 bits per heavy atom. The van der Waals surface area contributed by atoms with Gasteiger partial charge in [0.1, 0.15) is 17.3 Å². The van der Waals surface area contributed by atoms with Crippen LogP contribution in [-0.2, 0) is 27.1 Å². The maximum absolute atomic E-state index is 6.98. The van der Waals surface area contributed by atoms with Crippen molar-refractivity contribution in [1.29, 1.82) is 0 Å². The molecule has 0 bridgehead atoms. The largest absolute Gasteiger partial charge is 0.503 e. The summed E-state index contributed by atoms with van der Waals surface area (Å²) >= 11 is 0. The monoisotopic (exact) mass is 1030 g/mol. The van der Waals surface area contributed by atoms with Crippen molar-refractivity contribution in [3.8, 4) is 39.6 Å².